The van der Waals surface area contributed by atoms with E-state index in [0.717, 1.165) is 16.9 Å². The molecule has 0 saturated carbocycles. The Morgan fingerprint density at radius 3 is 2.37 bits per heavy atom. The van der Waals surface area contributed by atoms with E-state index in [2.05, 4.69) is 5.43 Å². The number of hydrogen-bond acceptors (Lipinski definition) is 3. The number of rotatable bonds is 4. The molecule has 2 aromatic rings. The zero-order valence-corrected chi connectivity index (χ0v) is 11.0. The molecule has 0 saturated heterocycles. The molecule has 1 unspecified atom stereocenters. The molecule has 0 bridgehead atoms. The third-order valence-corrected chi connectivity index (χ3v) is 3.08. The Bertz CT molecular complexity index is 555. The lowest BCUT2D eigenvalue weighted by Crippen LogP contribution is -2.29. The number of aryl methyl sites for hydroxylation is 1. The molecule has 1 atom stereocenters. The number of benzene rings is 2. The molecule has 0 aliphatic carbocycles. The Hall–Kier alpha value is -1.91. The lowest BCUT2D eigenvalue weighted by Gasteiger charge is -2.18. The van der Waals surface area contributed by atoms with Crippen molar-refractivity contribution in [2.24, 2.45) is 5.84 Å². The van der Waals surface area contributed by atoms with Crippen LogP contribution in [0.1, 0.15) is 22.7 Å². The van der Waals surface area contributed by atoms with E-state index in [4.69, 9.17) is 10.6 Å². The summed E-state index contributed by atoms with van der Waals surface area (Å²) in [7, 11) is 1.60. The maximum Gasteiger partial charge on any atom is 0.128 e. The van der Waals surface area contributed by atoms with Gasteiger partial charge in [0.25, 0.3) is 0 Å². The Morgan fingerprint density at radius 1 is 1.16 bits per heavy atom. The molecule has 3 N–H and O–H groups in total. The number of hydrazine groups is 1. The van der Waals surface area contributed by atoms with Crippen LogP contribution in [0.15, 0.2) is 42.5 Å². The fourth-order valence-corrected chi connectivity index (χ4v) is 2.03. The molecule has 2 aromatic carbocycles. The van der Waals surface area contributed by atoms with Crippen LogP contribution in [-0.4, -0.2) is 7.11 Å². The molecule has 0 fully saturated rings. The summed E-state index contributed by atoms with van der Waals surface area (Å²) in [6.07, 6.45) is 0. The lowest BCUT2D eigenvalue weighted by atomic mass is 9.98. The van der Waals surface area contributed by atoms with Crippen LogP contribution in [0.5, 0.6) is 5.75 Å². The highest BCUT2D eigenvalue weighted by Gasteiger charge is 2.16. The third kappa shape index (κ3) is 2.92. The number of halogens is 1. The molecule has 0 aliphatic heterocycles. The Balaban J connectivity index is 2.37. The van der Waals surface area contributed by atoms with Crippen LogP contribution in [-0.2, 0) is 0 Å². The van der Waals surface area contributed by atoms with Crippen LogP contribution < -0.4 is 16.0 Å². The number of nitrogens with two attached hydrogens (primary N) is 1. The van der Waals surface area contributed by atoms with Crippen LogP contribution in [0, 0.1) is 12.7 Å². The molecule has 2 rings (SSSR count). The minimum absolute atomic E-state index is 0.265. The predicted octanol–water partition coefficient (Wildman–Crippen LogP) is 2.70. The number of methoxy groups -OCH3 is 1. The van der Waals surface area contributed by atoms with Gasteiger partial charge in [0.1, 0.15) is 11.6 Å². The molecule has 19 heavy (non-hydrogen) atoms. The van der Waals surface area contributed by atoms with Gasteiger partial charge in [-0.15, -0.1) is 0 Å². The Labute approximate surface area is 112 Å². The summed E-state index contributed by atoms with van der Waals surface area (Å²) in [4.78, 5) is 0. The van der Waals surface area contributed by atoms with Gasteiger partial charge >= 0.3 is 0 Å². The van der Waals surface area contributed by atoms with Crippen LogP contribution in [0.4, 0.5) is 4.39 Å². The summed E-state index contributed by atoms with van der Waals surface area (Å²) < 4.78 is 19.1. The molecule has 0 radical (unpaired) electrons. The van der Waals surface area contributed by atoms with Crippen molar-refractivity contribution in [3.63, 3.8) is 0 Å². The predicted molar refractivity (Wildman–Crippen MR) is 73.3 cm³/mol. The zero-order chi connectivity index (χ0) is 13.8. The van der Waals surface area contributed by atoms with Gasteiger partial charge in [0.05, 0.1) is 13.2 Å². The first kappa shape index (κ1) is 13.5. The average Bonchev–Trinajstić information content (AvgIpc) is 2.42. The Morgan fingerprint density at radius 2 is 1.84 bits per heavy atom. The number of ether oxygens (including phenoxy) is 1. The van der Waals surface area contributed by atoms with E-state index in [-0.39, 0.29) is 11.9 Å². The lowest BCUT2D eigenvalue weighted by molar-refractivity contribution is 0.414. The quantitative estimate of drug-likeness (QED) is 0.656. The first-order valence-electron chi connectivity index (χ1n) is 6.02. The van der Waals surface area contributed by atoms with E-state index >= 15 is 0 Å². The van der Waals surface area contributed by atoms with Gasteiger partial charge in [-0.3, -0.25) is 5.84 Å². The van der Waals surface area contributed by atoms with Gasteiger partial charge in [-0.05, 0) is 36.2 Å². The average molecular weight is 260 g/mol. The molecule has 100 valence electrons. The Kier molecular flexibility index (Phi) is 4.14. The van der Waals surface area contributed by atoms with E-state index in [0.29, 0.717) is 5.56 Å². The van der Waals surface area contributed by atoms with Gasteiger partial charge in [-0.25, -0.2) is 9.82 Å². The fourth-order valence-electron chi connectivity index (χ4n) is 2.03. The molecule has 0 spiro atoms. The van der Waals surface area contributed by atoms with Gasteiger partial charge in [0.2, 0.25) is 0 Å². The van der Waals surface area contributed by atoms with Crippen molar-refractivity contribution in [1.29, 1.82) is 0 Å². The van der Waals surface area contributed by atoms with Crippen molar-refractivity contribution in [3.8, 4) is 5.75 Å². The van der Waals surface area contributed by atoms with Gasteiger partial charge in [0, 0.05) is 5.56 Å². The van der Waals surface area contributed by atoms with Crippen molar-refractivity contribution >= 4 is 0 Å². The van der Waals surface area contributed by atoms with Crippen LogP contribution in [0.25, 0.3) is 0 Å². The SMILES string of the molecule is COc1ccc(C(NN)c2ccc(C)cc2F)cc1. The summed E-state index contributed by atoms with van der Waals surface area (Å²) >= 11 is 0. The molecule has 4 heteroatoms. The van der Waals surface area contributed by atoms with E-state index < -0.39 is 0 Å². The molecular weight excluding hydrogens is 243 g/mol. The maximum atomic E-state index is 14.0. The minimum Gasteiger partial charge on any atom is -0.497 e. The maximum absolute atomic E-state index is 14.0. The van der Waals surface area contributed by atoms with Gasteiger partial charge in [0.15, 0.2) is 0 Å². The van der Waals surface area contributed by atoms with Crippen LogP contribution in [0.2, 0.25) is 0 Å². The summed E-state index contributed by atoms with van der Waals surface area (Å²) in [5.74, 6) is 6.05. The summed E-state index contributed by atoms with van der Waals surface area (Å²) in [6, 6.07) is 12.1. The molecule has 0 aromatic heterocycles. The monoisotopic (exact) mass is 260 g/mol. The van der Waals surface area contributed by atoms with Crippen molar-refractivity contribution < 1.29 is 9.13 Å². The van der Waals surface area contributed by atoms with Crippen molar-refractivity contribution in [3.05, 3.63) is 65.0 Å². The largest absolute Gasteiger partial charge is 0.497 e. The first-order chi connectivity index (χ1) is 9.15. The van der Waals surface area contributed by atoms with Crippen molar-refractivity contribution in [2.45, 2.75) is 13.0 Å². The van der Waals surface area contributed by atoms with Gasteiger partial charge in [-0.1, -0.05) is 24.3 Å². The smallest absolute Gasteiger partial charge is 0.128 e. The van der Waals surface area contributed by atoms with Crippen LogP contribution >= 0.6 is 0 Å². The van der Waals surface area contributed by atoms with E-state index in [1.807, 2.05) is 37.3 Å². The zero-order valence-electron chi connectivity index (χ0n) is 11.0. The highest BCUT2D eigenvalue weighted by atomic mass is 19.1. The molecular formula is C15H17FN2O. The van der Waals surface area contributed by atoms with E-state index in [1.165, 1.54) is 6.07 Å². The second-order valence-electron chi connectivity index (χ2n) is 4.40. The molecule has 3 nitrogen and oxygen atoms in total. The van der Waals surface area contributed by atoms with Crippen LogP contribution in [0.3, 0.4) is 0 Å². The second-order valence-corrected chi connectivity index (χ2v) is 4.40. The summed E-state index contributed by atoms with van der Waals surface area (Å²) in [5.41, 5.74) is 4.94. The van der Waals surface area contributed by atoms with Crippen molar-refractivity contribution in [1.82, 2.24) is 5.43 Å². The number of hydrogen-bond donors (Lipinski definition) is 2. The van der Waals surface area contributed by atoms with E-state index in [9.17, 15) is 4.39 Å². The van der Waals surface area contributed by atoms with Crippen molar-refractivity contribution in [2.75, 3.05) is 7.11 Å². The molecule has 0 amide bonds. The summed E-state index contributed by atoms with van der Waals surface area (Å²) in [6.45, 7) is 1.85. The van der Waals surface area contributed by atoms with E-state index in [1.54, 1.807) is 13.2 Å². The van der Waals surface area contributed by atoms with Gasteiger partial charge in [-0.2, -0.15) is 0 Å². The fraction of sp³-hybridized carbons (Fsp3) is 0.200. The molecule has 0 heterocycles. The topological polar surface area (TPSA) is 47.3 Å². The minimum atomic E-state index is -0.383. The standard InChI is InChI=1S/C15H17FN2O/c1-10-3-8-13(14(16)9-10)15(18-17)11-4-6-12(19-2)7-5-11/h3-9,15,18H,17H2,1-2H3. The highest BCUT2D eigenvalue weighted by molar-refractivity contribution is 5.37. The highest BCUT2D eigenvalue weighted by Crippen LogP contribution is 2.25. The second kappa shape index (κ2) is 5.82. The van der Waals surface area contributed by atoms with Gasteiger partial charge < -0.3 is 4.74 Å². The number of nitrogens with one attached hydrogen (secondary N) is 1. The first-order valence-corrected chi connectivity index (χ1v) is 6.02. The molecule has 0 aliphatic rings. The normalized spacial score (nSPS) is 12.2. The summed E-state index contributed by atoms with van der Waals surface area (Å²) in [5, 5.41) is 0. The third-order valence-electron chi connectivity index (χ3n) is 3.08.